The van der Waals surface area contributed by atoms with E-state index in [4.69, 9.17) is 4.42 Å². The standard InChI is InChI=1S/C12H11BrO2/c1-8-2-4-9(5-3-8)12(14)10-6-7-11(13)15-10/h2-7,12,14H,1H3. The molecule has 0 aliphatic carbocycles. The van der Waals surface area contributed by atoms with Crippen LogP contribution in [0.1, 0.15) is 23.0 Å². The van der Waals surface area contributed by atoms with Crippen molar-refractivity contribution in [3.8, 4) is 0 Å². The Hall–Kier alpha value is -1.06. The van der Waals surface area contributed by atoms with Gasteiger partial charge in [0.2, 0.25) is 0 Å². The third kappa shape index (κ3) is 2.30. The van der Waals surface area contributed by atoms with Gasteiger partial charge in [-0.15, -0.1) is 0 Å². The summed E-state index contributed by atoms with van der Waals surface area (Å²) in [5, 5.41) is 9.98. The van der Waals surface area contributed by atoms with E-state index in [1.807, 2.05) is 31.2 Å². The Morgan fingerprint density at radius 3 is 2.33 bits per heavy atom. The summed E-state index contributed by atoms with van der Waals surface area (Å²) in [5.41, 5.74) is 2.01. The van der Waals surface area contributed by atoms with Gasteiger partial charge >= 0.3 is 0 Å². The molecule has 1 aromatic carbocycles. The smallest absolute Gasteiger partial charge is 0.169 e. The maximum Gasteiger partial charge on any atom is 0.169 e. The highest BCUT2D eigenvalue weighted by molar-refractivity contribution is 9.10. The Kier molecular flexibility index (Phi) is 2.93. The van der Waals surface area contributed by atoms with E-state index in [-0.39, 0.29) is 0 Å². The number of aliphatic hydroxyl groups is 1. The molecule has 0 saturated carbocycles. The first-order valence-corrected chi connectivity index (χ1v) is 5.46. The number of aliphatic hydroxyl groups excluding tert-OH is 1. The summed E-state index contributed by atoms with van der Waals surface area (Å²) in [6.45, 7) is 2.01. The molecular weight excluding hydrogens is 256 g/mol. The van der Waals surface area contributed by atoms with Gasteiger partial charge in [0.05, 0.1) is 0 Å². The highest BCUT2D eigenvalue weighted by atomic mass is 79.9. The number of halogens is 1. The molecule has 78 valence electrons. The van der Waals surface area contributed by atoms with Crippen molar-refractivity contribution in [3.05, 3.63) is 58.0 Å². The van der Waals surface area contributed by atoms with Crippen molar-refractivity contribution in [2.75, 3.05) is 0 Å². The average molecular weight is 267 g/mol. The number of hydrogen-bond donors (Lipinski definition) is 1. The van der Waals surface area contributed by atoms with Gasteiger partial charge in [-0.3, -0.25) is 0 Å². The fourth-order valence-electron chi connectivity index (χ4n) is 1.39. The zero-order chi connectivity index (χ0) is 10.8. The third-order valence-corrected chi connectivity index (χ3v) is 2.68. The molecule has 0 bridgehead atoms. The maximum absolute atomic E-state index is 9.98. The molecule has 0 radical (unpaired) electrons. The zero-order valence-electron chi connectivity index (χ0n) is 8.27. The molecule has 3 heteroatoms. The van der Waals surface area contributed by atoms with Gasteiger partial charge in [-0.2, -0.15) is 0 Å². The van der Waals surface area contributed by atoms with Crippen molar-refractivity contribution in [1.29, 1.82) is 0 Å². The predicted octanol–water partition coefficient (Wildman–Crippen LogP) is 3.43. The fourth-order valence-corrected chi connectivity index (χ4v) is 1.71. The second-order valence-corrected chi connectivity index (χ2v) is 4.24. The summed E-state index contributed by atoms with van der Waals surface area (Å²) in [5.74, 6) is 0.547. The first-order chi connectivity index (χ1) is 7.16. The molecule has 2 rings (SSSR count). The molecule has 2 aromatic rings. The van der Waals surface area contributed by atoms with Crippen LogP contribution in [0.3, 0.4) is 0 Å². The molecule has 1 unspecified atom stereocenters. The normalized spacial score (nSPS) is 12.7. The van der Waals surface area contributed by atoms with Gasteiger partial charge in [0.25, 0.3) is 0 Å². The van der Waals surface area contributed by atoms with Crippen LogP contribution in [0.25, 0.3) is 0 Å². The van der Waals surface area contributed by atoms with Crippen LogP contribution in [-0.4, -0.2) is 5.11 Å². The maximum atomic E-state index is 9.98. The summed E-state index contributed by atoms with van der Waals surface area (Å²) < 4.78 is 5.92. The van der Waals surface area contributed by atoms with Crippen LogP contribution in [0.5, 0.6) is 0 Å². The summed E-state index contributed by atoms with van der Waals surface area (Å²) in [6.07, 6.45) is -0.697. The van der Waals surface area contributed by atoms with Gasteiger partial charge in [-0.1, -0.05) is 29.8 Å². The highest BCUT2D eigenvalue weighted by Crippen LogP contribution is 2.25. The molecule has 0 aliphatic heterocycles. The quantitative estimate of drug-likeness (QED) is 0.904. The van der Waals surface area contributed by atoms with Crippen LogP contribution >= 0.6 is 15.9 Å². The van der Waals surface area contributed by atoms with E-state index in [1.54, 1.807) is 12.1 Å². The Morgan fingerprint density at radius 1 is 1.13 bits per heavy atom. The van der Waals surface area contributed by atoms with Gasteiger partial charge in [-0.25, -0.2) is 0 Å². The van der Waals surface area contributed by atoms with Crippen molar-refractivity contribution in [1.82, 2.24) is 0 Å². The van der Waals surface area contributed by atoms with E-state index in [9.17, 15) is 5.11 Å². The van der Waals surface area contributed by atoms with Crippen molar-refractivity contribution in [2.45, 2.75) is 13.0 Å². The lowest BCUT2D eigenvalue weighted by Gasteiger charge is -2.07. The van der Waals surface area contributed by atoms with Crippen molar-refractivity contribution >= 4 is 15.9 Å². The molecule has 0 aliphatic rings. The Bertz CT molecular complexity index is 445. The number of furan rings is 1. The lowest BCUT2D eigenvalue weighted by molar-refractivity contribution is 0.187. The zero-order valence-corrected chi connectivity index (χ0v) is 9.86. The average Bonchev–Trinajstić information content (AvgIpc) is 2.65. The second kappa shape index (κ2) is 4.21. The third-order valence-electron chi connectivity index (χ3n) is 2.26. The predicted molar refractivity (Wildman–Crippen MR) is 61.6 cm³/mol. The molecule has 2 nitrogen and oxygen atoms in total. The van der Waals surface area contributed by atoms with Crippen LogP contribution < -0.4 is 0 Å². The van der Waals surface area contributed by atoms with Gasteiger partial charge in [-0.05, 0) is 40.5 Å². The molecule has 0 saturated heterocycles. The van der Waals surface area contributed by atoms with Gasteiger partial charge < -0.3 is 9.52 Å². The minimum Gasteiger partial charge on any atom is -0.451 e. The number of hydrogen-bond acceptors (Lipinski definition) is 2. The lowest BCUT2D eigenvalue weighted by Crippen LogP contribution is -1.97. The molecule has 1 heterocycles. The van der Waals surface area contributed by atoms with Gasteiger partial charge in [0.15, 0.2) is 4.67 Å². The van der Waals surface area contributed by atoms with E-state index in [2.05, 4.69) is 15.9 Å². The van der Waals surface area contributed by atoms with Gasteiger partial charge in [0, 0.05) is 0 Å². The van der Waals surface area contributed by atoms with E-state index >= 15 is 0 Å². The second-order valence-electron chi connectivity index (χ2n) is 3.46. The van der Waals surface area contributed by atoms with Crippen LogP contribution in [0, 0.1) is 6.92 Å². The van der Waals surface area contributed by atoms with Crippen molar-refractivity contribution < 1.29 is 9.52 Å². The van der Waals surface area contributed by atoms with Crippen LogP contribution in [0.2, 0.25) is 0 Å². The first-order valence-electron chi connectivity index (χ1n) is 4.66. The number of benzene rings is 1. The molecule has 0 fully saturated rings. The van der Waals surface area contributed by atoms with E-state index < -0.39 is 6.10 Å². The Balaban J connectivity index is 2.28. The largest absolute Gasteiger partial charge is 0.451 e. The minimum absolute atomic E-state index is 0.547. The van der Waals surface area contributed by atoms with E-state index in [0.29, 0.717) is 10.4 Å². The molecule has 15 heavy (non-hydrogen) atoms. The lowest BCUT2D eigenvalue weighted by atomic mass is 10.1. The molecule has 0 spiro atoms. The van der Waals surface area contributed by atoms with E-state index in [1.165, 1.54) is 5.56 Å². The SMILES string of the molecule is Cc1ccc(C(O)c2ccc(Br)o2)cc1. The number of aryl methyl sites for hydroxylation is 1. The van der Waals surface area contributed by atoms with Crippen molar-refractivity contribution in [2.24, 2.45) is 0 Å². The summed E-state index contributed by atoms with van der Waals surface area (Å²) in [6, 6.07) is 11.3. The monoisotopic (exact) mass is 266 g/mol. The van der Waals surface area contributed by atoms with Crippen molar-refractivity contribution in [3.63, 3.8) is 0 Å². The van der Waals surface area contributed by atoms with Crippen LogP contribution in [0.4, 0.5) is 0 Å². The van der Waals surface area contributed by atoms with E-state index in [0.717, 1.165) is 5.56 Å². The minimum atomic E-state index is -0.697. The molecule has 1 atom stereocenters. The molecule has 1 aromatic heterocycles. The summed E-state index contributed by atoms with van der Waals surface area (Å²) in [4.78, 5) is 0. The molecular formula is C12H11BrO2. The summed E-state index contributed by atoms with van der Waals surface area (Å²) >= 11 is 3.21. The van der Waals surface area contributed by atoms with Gasteiger partial charge in [0.1, 0.15) is 11.9 Å². The Morgan fingerprint density at radius 2 is 1.80 bits per heavy atom. The first kappa shape index (κ1) is 10.5. The topological polar surface area (TPSA) is 33.4 Å². The fraction of sp³-hybridized carbons (Fsp3) is 0.167. The molecule has 1 N–H and O–H groups in total. The van der Waals surface area contributed by atoms with Crippen LogP contribution in [-0.2, 0) is 0 Å². The highest BCUT2D eigenvalue weighted by Gasteiger charge is 2.13. The number of rotatable bonds is 2. The molecule has 0 amide bonds. The van der Waals surface area contributed by atoms with Crippen LogP contribution in [0.15, 0.2) is 45.5 Å². The summed E-state index contributed by atoms with van der Waals surface area (Å²) in [7, 11) is 0. The Labute approximate surface area is 96.7 Å².